The minimum absolute atomic E-state index is 0.0492. The van der Waals surface area contributed by atoms with Crippen LogP contribution < -0.4 is 24.8 Å². The number of ether oxygens (including phenoxy) is 3. The molecule has 0 radical (unpaired) electrons. The number of nitrogens with zero attached hydrogens (tertiary/aromatic N) is 2. The predicted molar refractivity (Wildman–Crippen MR) is 204 cm³/mol. The van der Waals surface area contributed by atoms with E-state index >= 15 is 0 Å². The molecule has 1 spiro atoms. The Balaban J connectivity index is 1.24. The van der Waals surface area contributed by atoms with E-state index in [0.717, 1.165) is 6.42 Å². The number of aryl methyl sites for hydroxylation is 2. The van der Waals surface area contributed by atoms with Gasteiger partial charge in [0.05, 0.1) is 22.5 Å². The Morgan fingerprint density at radius 1 is 1.07 bits per heavy atom. The standard InChI is InChI=1S/C40H50F3N5O9S/c1-23-31-26(27-19-25(55-40(41,42)43)13-14-28(27)44-23)15-16-38(56-31)21-30-32(49)46-39(34(51)47-58(53,54)37(5)17-18-37)20-24(39)11-9-7-6-8-10-12-29(33(50)48(30)22-38)45-35(52)57-36(2,3)4/h9,11,13-14,19,24,29-30H,6-8,10,12,15-18,20-22H2,1-5H3,(H,45,52)(H,46,49)(H,47,51)/b11-9-/t24?,29-,30-,38+,39+/m0/s1. The van der Waals surface area contributed by atoms with E-state index in [4.69, 9.17) is 9.47 Å². The van der Waals surface area contributed by atoms with Gasteiger partial charge in [-0.25, -0.2) is 18.2 Å². The van der Waals surface area contributed by atoms with Crippen LogP contribution >= 0.6 is 0 Å². The molecule has 2 aromatic rings. The number of nitrogens with one attached hydrogen (secondary N) is 3. The van der Waals surface area contributed by atoms with Gasteiger partial charge in [0.25, 0.3) is 5.91 Å². The Morgan fingerprint density at radius 3 is 2.50 bits per heavy atom. The highest BCUT2D eigenvalue weighted by Crippen LogP contribution is 2.49. The molecule has 3 aliphatic heterocycles. The van der Waals surface area contributed by atoms with E-state index in [0.29, 0.717) is 60.0 Å². The van der Waals surface area contributed by atoms with Crippen LogP contribution in [-0.4, -0.2) is 88.6 Å². The number of fused-ring (bicyclic) bond motifs is 5. The number of hydrogen-bond donors (Lipinski definition) is 3. The molecule has 316 valence electrons. The van der Waals surface area contributed by atoms with Crippen LogP contribution in [0.1, 0.15) is 103 Å². The largest absolute Gasteiger partial charge is 0.573 e. The maximum atomic E-state index is 14.7. The Bertz CT molecular complexity index is 2170. The van der Waals surface area contributed by atoms with Crippen LogP contribution in [0, 0.1) is 12.8 Å². The first-order valence-corrected chi connectivity index (χ1v) is 21.2. The Kier molecular flexibility index (Phi) is 10.4. The van der Waals surface area contributed by atoms with Gasteiger partial charge in [-0.2, -0.15) is 0 Å². The molecule has 2 saturated carbocycles. The van der Waals surface area contributed by atoms with E-state index in [-0.39, 0.29) is 38.6 Å². The van der Waals surface area contributed by atoms with Crippen molar-refractivity contribution in [3.8, 4) is 11.5 Å². The number of sulfonamides is 1. The highest BCUT2D eigenvalue weighted by Gasteiger charge is 2.64. The third kappa shape index (κ3) is 8.43. The zero-order valence-corrected chi connectivity index (χ0v) is 34.0. The summed E-state index contributed by atoms with van der Waals surface area (Å²) in [6, 6.07) is 1.56. The Labute approximate surface area is 335 Å². The summed E-state index contributed by atoms with van der Waals surface area (Å²) in [5.74, 6) is -2.74. The van der Waals surface area contributed by atoms with Crippen LogP contribution in [-0.2, 0) is 35.6 Å². The smallest absolute Gasteiger partial charge is 0.483 e. The lowest BCUT2D eigenvalue weighted by atomic mass is 9.87. The fraction of sp³-hybridized carbons (Fsp3) is 0.625. The molecule has 4 amide bonds. The van der Waals surface area contributed by atoms with Crippen molar-refractivity contribution in [2.24, 2.45) is 5.92 Å². The predicted octanol–water partition coefficient (Wildman–Crippen LogP) is 5.39. The lowest BCUT2D eigenvalue weighted by Crippen LogP contribution is -2.58. The van der Waals surface area contributed by atoms with Crippen LogP contribution in [0.2, 0.25) is 0 Å². The molecular weight excluding hydrogens is 784 g/mol. The topological polar surface area (TPSA) is 182 Å². The van der Waals surface area contributed by atoms with Crippen LogP contribution in [0.5, 0.6) is 11.5 Å². The second-order valence-corrected chi connectivity index (χ2v) is 19.8. The molecule has 1 saturated heterocycles. The van der Waals surface area contributed by atoms with E-state index < -0.39 is 85.4 Å². The zero-order chi connectivity index (χ0) is 42.1. The first kappa shape index (κ1) is 41.5. The molecule has 1 aromatic heterocycles. The number of hydrogen-bond acceptors (Lipinski definition) is 10. The molecule has 5 atom stereocenters. The van der Waals surface area contributed by atoms with E-state index in [1.54, 1.807) is 34.6 Å². The van der Waals surface area contributed by atoms with Crippen molar-refractivity contribution in [3.63, 3.8) is 0 Å². The fourth-order valence-corrected chi connectivity index (χ4v) is 9.63. The van der Waals surface area contributed by atoms with Crippen LogP contribution in [0.15, 0.2) is 30.4 Å². The molecule has 14 nitrogen and oxygen atoms in total. The van der Waals surface area contributed by atoms with Gasteiger partial charge in [0.1, 0.15) is 40.3 Å². The zero-order valence-electron chi connectivity index (χ0n) is 33.2. The number of allylic oxidation sites excluding steroid dienone is 1. The number of aromatic nitrogens is 1. The summed E-state index contributed by atoms with van der Waals surface area (Å²) in [6.07, 6.45) is 2.33. The number of carbonyl (C=O) groups is 4. The van der Waals surface area contributed by atoms with Gasteiger partial charge in [-0.15, -0.1) is 13.2 Å². The van der Waals surface area contributed by atoms with Gasteiger partial charge in [-0.05, 0) is 104 Å². The molecule has 3 N–H and O–H groups in total. The summed E-state index contributed by atoms with van der Waals surface area (Å²) in [5, 5.41) is 5.98. The van der Waals surface area contributed by atoms with Crippen molar-refractivity contribution in [1.29, 1.82) is 0 Å². The van der Waals surface area contributed by atoms with Crippen molar-refractivity contribution in [3.05, 3.63) is 41.6 Å². The number of benzene rings is 1. The lowest BCUT2D eigenvalue weighted by molar-refractivity contribution is -0.274. The summed E-state index contributed by atoms with van der Waals surface area (Å²) in [7, 11) is -4.05. The highest BCUT2D eigenvalue weighted by atomic mass is 32.2. The van der Waals surface area contributed by atoms with Gasteiger partial charge >= 0.3 is 12.5 Å². The van der Waals surface area contributed by atoms with Crippen LogP contribution in [0.25, 0.3) is 10.9 Å². The summed E-state index contributed by atoms with van der Waals surface area (Å²) in [6.45, 7) is 8.22. The number of alkyl halides is 3. The molecule has 3 fully saturated rings. The summed E-state index contributed by atoms with van der Waals surface area (Å²) in [4.78, 5) is 62.3. The molecular formula is C40H50F3N5O9S. The first-order valence-electron chi connectivity index (χ1n) is 19.8. The summed E-state index contributed by atoms with van der Waals surface area (Å²) < 4.78 is 83.4. The molecule has 4 heterocycles. The lowest BCUT2D eigenvalue weighted by Gasteiger charge is -2.36. The highest BCUT2D eigenvalue weighted by molar-refractivity contribution is 7.91. The second kappa shape index (κ2) is 14.6. The molecule has 2 aliphatic carbocycles. The number of alkyl carbamates (subject to hydrolysis) is 1. The molecule has 1 aromatic carbocycles. The molecule has 58 heavy (non-hydrogen) atoms. The van der Waals surface area contributed by atoms with Gasteiger partial charge < -0.3 is 29.7 Å². The second-order valence-electron chi connectivity index (χ2n) is 17.6. The fourth-order valence-electron chi connectivity index (χ4n) is 8.32. The average molecular weight is 834 g/mol. The monoisotopic (exact) mass is 833 g/mol. The molecule has 7 rings (SSSR count). The SMILES string of the molecule is Cc1nc2ccc(OC(F)(F)F)cc2c2c1O[C@]1(CC2)C[C@H]2C(=O)N[C@]3(C(=O)NS(=O)(=O)C4(C)CC4)CC3/C=C\CCCCC[C@H](NC(=O)OC(C)(C)C)C(=O)N2C1. The van der Waals surface area contributed by atoms with Crippen molar-refractivity contribution in [1.82, 2.24) is 25.2 Å². The van der Waals surface area contributed by atoms with Crippen molar-refractivity contribution in [2.75, 3.05) is 6.54 Å². The van der Waals surface area contributed by atoms with Crippen molar-refractivity contribution < 1.29 is 55.0 Å². The minimum Gasteiger partial charge on any atom is -0.483 e. The Morgan fingerprint density at radius 2 is 1.81 bits per heavy atom. The van der Waals surface area contributed by atoms with Crippen molar-refractivity contribution in [2.45, 2.75) is 145 Å². The maximum absolute atomic E-state index is 14.7. The molecule has 0 bridgehead atoms. The first-order chi connectivity index (χ1) is 27.0. The van der Waals surface area contributed by atoms with E-state index in [1.807, 2.05) is 12.2 Å². The minimum atomic E-state index is -4.91. The quantitative estimate of drug-likeness (QED) is 0.331. The summed E-state index contributed by atoms with van der Waals surface area (Å²) >= 11 is 0. The van der Waals surface area contributed by atoms with Crippen LogP contribution in [0.4, 0.5) is 18.0 Å². The van der Waals surface area contributed by atoms with Crippen LogP contribution in [0.3, 0.4) is 0 Å². The molecule has 1 unspecified atom stereocenters. The van der Waals surface area contributed by atoms with Gasteiger partial charge in [-0.3, -0.25) is 19.1 Å². The van der Waals surface area contributed by atoms with E-state index in [1.165, 1.54) is 23.1 Å². The Hall–Kier alpha value is -4.61. The third-order valence-electron chi connectivity index (χ3n) is 11.9. The van der Waals surface area contributed by atoms with Gasteiger partial charge in [0, 0.05) is 23.3 Å². The third-order valence-corrected chi connectivity index (χ3v) is 14.0. The number of carbonyl (C=O) groups excluding carboxylic acids is 4. The van der Waals surface area contributed by atoms with Gasteiger partial charge in [0.2, 0.25) is 21.8 Å². The van der Waals surface area contributed by atoms with E-state index in [9.17, 15) is 40.8 Å². The summed E-state index contributed by atoms with van der Waals surface area (Å²) in [5.41, 5.74) is -2.17. The van der Waals surface area contributed by atoms with Gasteiger partial charge in [0.15, 0.2) is 0 Å². The number of rotatable bonds is 5. The molecule has 18 heteroatoms. The van der Waals surface area contributed by atoms with Gasteiger partial charge in [-0.1, -0.05) is 25.0 Å². The number of halogens is 3. The average Bonchev–Trinajstić information content (AvgIpc) is 4.00. The van der Waals surface area contributed by atoms with Crippen molar-refractivity contribution >= 4 is 44.7 Å². The normalized spacial score (nSPS) is 29.0. The molecule has 5 aliphatic rings. The number of pyridine rings is 1. The van der Waals surface area contributed by atoms with E-state index in [2.05, 4.69) is 25.1 Å². The number of amides is 4. The maximum Gasteiger partial charge on any atom is 0.573 e.